The van der Waals surface area contributed by atoms with Crippen LogP contribution in [0.15, 0.2) is 29.2 Å². The van der Waals surface area contributed by atoms with Crippen molar-refractivity contribution in [1.29, 1.82) is 0 Å². The van der Waals surface area contributed by atoms with Gasteiger partial charge in [0.05, 0.1) is 18.4 Å². The summed E-state index contributed by atoms with van der Waals surface area (Å²) in [6.07, 6.45) is -1.44. The Morgan fingerprint density at radius 3 is 2.67 bits per heavy atom. The predicted octanol–water partition coefficient (Wildman–Crippen LogP) is 3.24. The molecule has 0 bridgehead atoms. The van der Waals surface area contributed by atoms with Gasteiger partial charge < -0.3 is 0 Å². The molecular formula is C14H16F4N2O. The van der Waals surface area contributed by atoms with Crippen molar-refractivity contribution in [1.82, 2.24) is 5.01 Å². The van der Waals surface area contributed by atoms with Gasteiger partial charge in [-0.2, -0.15) is 18.3 Å². The van der Waals surface area contributed by atoms with Crippen LogP contribution < -0.4 is 0 Å². The number of carbonyl (C=O) groups is 1. The minimum Gasteiger partial charge on any atom is -0.292 e. The molecule has 0 saturated heterocycles. The van der Waals surface area contributed by atoms with Crippen LogP contribution in [0.2, 0.25) is 0 Å². The number of nitrogens with zero attached hydrogens (tertiary/aromatic N) is 2. The van der Waals surface area contributed by atoms with Gasteiger partial charge >= 0.3 is 6.18 Å². The lowest BCUT2D eigenvalue weighted by molar-refractivity contribution is -0.138. The molecule has 1 aliphatic heterocycles. The summed E-state index contributed by atoms with van der Waals surface area (Å²) in [5.41, 5.74) is 0.206. The number of hydrogen-bond acceptors (Lipinski definition) is 3. The zero-order valence-corrected chi connectivity index (χ0v) is 11.7. The second-order valence-electron chi connectivity index (χ2n) is 5.46. The number of halogens is 4. The Hall–Kier alpha value is -1.66. The summed E-state index contributed by atoms with van der Waals surface area (Å²) < 4.78 is 50.4. The Balaban J connectivity index is 2.22. The number of hydrazone groups is 1. The van der Waals surface area contributed by atoms with Crippen molar-refractivity contribution >= 4 is 11.5 Å². The maximum atomic E-state index is 13.3. The Kier molecular flexibility index (Phi) is 4.20. The number of allylic oxidation sites excluding steroid dienone is 2. The topological polar surface area (TPSA) is 32.7 Å². The van der Waals surface area contributed by atoms with Crippen LogP contribution in [0.5, 0.6) is 0 Å². The molecule has 116 valence electrons. The minimum absolute atomic E-state index is 0.206. The van der Waals surface area contributed by atoms with E-state index < -0.39 is 36.9 Å². The van der Waals surface area contributed by atoms with E-state index in [2.05, 4.69) is 5.10 Å². The first kappa shape index (κ1) is 15.7. The molecule has 0 aromatic heterocycles. The molecule has 3 nitrogen and oxygen atoms in total. The number of alkyl halides is 3. The molecule has 0 amide bonds. The quantitative estimate of drug-likeness (QED) is 0.747. The summed E-state index contributed by atoms with van der Waals surface area (Å²) in [7, 11) is 0. The van der Waals surface area contributed by atoms with Crippen LogP contribution in [-0.4, -0.2) is 35.3 Å². The third-order valence-electron chi connectivity index (χ3n) is 3.46. The second-order valence-corrected chi connectivity index (χ2v) is 5.46. The zero-order valence-electron chi connectivity index (χ0n) is 11.7. The average Bonchev–Trinajstić information content (AvgIpc) is 2.72. The lowest BCUT2D eigenvalue weighted by Gasteiger charge is -2.26. The summed E-state index contributed by atoms with van der Waals surface area (Å²) in [6.45, 7) is 3.00. The highest BCUT2D eigenvalue weighted by Crippen LogP contribution is 2.32. The van der Waals surface area contributed by atoms with Gasteiger partial charge in [0.15, 0.2) is 5.78 Å². The van der Waals surface area contributed by atoms with E-state index in [9.17, 15) is 22.4 Å². The maximum Gasteiger partial charge on any atom is 0.390 e. The molecular weight excluding hydrogens is 288 g/mol. The molecule has 0 N–H and O–H groups in total. The molecule has 2 aliphatic rings. The Labute approximate surface area is 120 Å². The van der Waals surface area contributed by atoms with Crippen molar-refractivity contribution in [3.63, 3.8) is 0 Å². The van der Waals surface area contributed by atoms with Gasteiger partial charge in [-0.15, -0.1) is 0 Å². The molecule has 0 radical (unpaired) electrons. The van der Waals surface area contributed by atoms with Gasteiger partial charge in [-0.25, -0.2) is 4.39 Å². The molecule has 0 saturated carbocycles. The molecule has 1 heterocycles. The van der Waals surface area contributed by atoms with E-state index in [1.807, 2.05) is 0 Å². The zero-order chi connectivity index (χ0) is 15.8. The summed E-state index contributed by atoms with van der Waals surface area (Å²) in [6, 6.07) is -0.657. The third-order valence-corrected chi connectivity index (χ3v) is 3.46. The smallest absolute Gasteiger partial charge is 0.292 e. The van der Waals surface area contributed by atoms with Gasteiger partial charge in [-0.1, -0.05) is 19.9 Å². The van der Waals surface area contributed by atoms with Gasteiger partial charge in [0.1, 0.15) is 11.5 Å². The van der Waals surface area contributed by atoms with E-state index in [0.717, 1.165) is 5.01 Å². The first-order valence-corrected chi connectivity index (χ1v) is 6.70. The van der Waals surface area contributed by atoms with Gasteiger partial charge in [-0.3, -0.25) is 9.80 Å². The van der Waals surface area contributed by atoms with Gasteiger partial charge in [-0.05, 0) is 12.2 Å². The first-order chi connectivity index (χ1) is 9.69. The van der Waals surface area contributed by atoms with E-state index in [0.29, 0.717) is 0 Å². The van der Waals surface area contributed by atoms with Gasteiger partial charge in [0.2, 0.25) is 0 Å². The van der Waals surface area contributed by atoms with Crippen LogP contribution >= 0.6 is 0 Å². The highest BCUT2D eigenvalue weighted by molar-refractivity contribution is 6.42. The van der Waals surface area contributed by atoms with E-state index in [1.165, 1.54) is 18.2 Å². The standard InChI is InChI=1S/C14H16F4N2O/c1-8(2)13(21)12-10-4-3-9(15)7-11(10)20(19-12)6-5-14(16,17)18/h3-4,7-8,10-11H,5-6H2,1-2H3. The molecule has 0 fully saturated rings. The highest BCUT2D eigenvalue weighted by atomic mass is 19.4. The molecule has 2 rings (SSSR count). The highest BCUT2D eigenvalue weighted by Gasteiger charge is 2.41. The van der Waals surface area contributed by atoms with Crippen molar-refractivity contribution < 1.29 is 22.4 Å². The number of ketones is 1. The van der Waals surface area contributed by atoms with Crippen molar-refractivity contribution in [2.24, 2.45) is 16.9 Å². The molecule has 0 aromatic rings. The predicted molar refractivity (Wildman–Crippen MR) is 70.3 cm³/mol. The Morgan fingerprint density at radius 2 is 2.10 bits per heavy atom. The lowest BCUT2D eigenvalue weighted by Crippen LogP contribution is -2.36. The van der Waals surface area contributed by atoms with Crippen molar-refractivity contribution in [3.8, 4) is 0 Å². The van der Waals surface area contributed by atoms with E-state index in [4.69, 9.17) is 0 Å². The summed E-state index contributed by atoms with van der Waals surface area (Å²) in [5.74, 6) is -1.54. The number of carbonyl (C=O) groups excluding carboxylic acids is 1. The number of rotatable bonds is 4. The van der Waals surface area contributed by atoms with Crippen LogP contribution in [0.25, 0.3) is 0 Å². The largest absolute Gasteiger partial charge is 0.390 e. The monoisotopic (exact) mass is 304 g/mol. The molecule has 2 unspecified atom stereocenters. The lowest BCUT2D eigenvalue weighted by atomic mass is 9.86. The SMILES string of the molecule is CC(C)C(=O)C1=NN(CCC(F)(F)F)C2C=C(F)C=CC12. The minimum atomic E-state index is -4.32. The third kappa shape index (κ3) is 3.51. The first-order valence-electron chi connectivity index (χ1n) is 6.70. The normalized spacial score (nSPS) is 25.0. The fourth-order valence-electron chi connectivity index (χ4n) is 2.38. The van der Waals surface area contributed by atoms with E-state index in [-0.39, 0.29) is 17.4 Å². The molecule has 0 aromatic carbocycles. The molecule has 2 atom stereocenters. The van der Waals surface area contributed by atoms with Gasteiger partial charge in [0.25, 0.3) is 0 Å². The van der Waals surface area contributed by atoms with Crippen LogP contribution in [0.4, 0.5) is 17.6 Å². The number of Topliss-reactive ketones (excluding diaryl/α,β-unsaturated/α-hetero) is 1. The summed E-state index contributed by atoms with van der Waals surface area (Å²) in [4.78, 5) is 12.1. The number of fused-ring (bicyclic) bond motifs is 1. The summed E-state index contributed by atoms with van der Waals surface area (Å²) in [5, 5.41) is 5.19. The van der Waals surface area contributed by atoms with Gasteiger partial charge in [0, 0.05) is 12.5 Å². The fraction of sp³-hybridized carbons (Fsp3) is 0.571. The Morgan fingerprint density at radius 1 is 1.43 bits per heavy atom. The molecule has 21 heavy (non-hydrogen) atoms. The molecule has 7 heteroatoms. The van der Waals surface area contributed by atoms with Crippen molar-refractivity contribution in [3.05, 3.63) is 24.1 Å². The fourth-order valence-corrected chi connectivity index (χ4v) is 2.38. The van der Waals surface area contributed by atoms with Crippen molar-refractivity contribution in [2.45, 2.75) is 32.5 Å². The van der Waals surface area contributed by atoms with E-state index in [1.54, 1.807) is 13.8 Å². The van der Waals surface area contributed by atoms with Crippen LogP contribution in [0.1, 0.15) is 20.3 Å². The Bertz CT molecular complexity index is 520. The maximum absolute atomic E-state index is 13.3. The van der Waals surface area contributed by atoms with Crippen LogP contribution in [0.3, 0.4) is 0 Å². The van der Waals surface area contributed by atoms with Crippen molar-refractivity contribution in [2.75, 3.05) is 6.54 Å². The summed E-state index contributed by atoms with van der Waals surface area (Å²) >= 11 is 0. The van der Waals surface area contributed by atoms with Crippen LogP contribution in [-0.2, 0) is 4.79 Å². The second kappa shape index (κ2) is 5.61. The molecule has 1 aliphatic carbocycles. The number of hydrogen-bond donors (Lipinski definition) is 0. The molecule has 0 spiro atoms. The average molecular weight is 304 g/mol. The van der Waals surface area contributed by atoms with E-state index >= 15 is 0 Å². The van der Waals surface area contributed by atoms with Crippen LogP contribution in [0, 0.1) is 11.8 Å².